The average Bonchev–Trinajstić information content (AvgIpc) is 3.11. The van der Waals surface area contributed by atoms with Gasteiger partial charge in [0.1, 0.15) is 0 Å². The van der Waals surface area contributed by atoms with Gasteiger partial charge in [-0.15, -0.1) is 5.10 Å². The van der Waals surface area contributed by atoms with Gasteiger partial charge in [0, 0.05) is 0 Å². The van der Waals surface area contributed by atoms with E-state index < -0.39 is 0 Å². The van der Waals surface area contributed by atoms with Crippen LogP contribution in [0.15, 0.2) is 66.9 Å². The van der Waals surface area contributed by atoms with Crippen LogP contribution in [0, 0.1) is 5.92 Å². The Hall–Kier alpha value is -2.95. The normalized spacial score (nSPS) is 12.1. The van der Waals surface area contributed by atoms with E-state index in [0.717, 1.165) is 17.5 Å². The van der Waals surface area contributed by atoms with Gasteiger partial charge in [-0.2, -0.15) is 0 Å². The number of hydrogen-bond acceptors (Lipinski definition) is 3. The molecule has 2 aromatic carbocycles. The minimum absolute atomic E-state index is 0.0389. The molecule has 1 unspecified atom stereocenters. The van der Waals surface area contributed by atoms with E-state index in [9.17, 15) is 4.79 Å². The molecule has 0 fully saturated rings. The fourth-order valence-electron chi connectivity index (χ4n) is 2.92. The van der Waals surface area contributed by atoms with Gasteiger partial charge in [-0.05, 0) is 23.5 Å². The highest BCUT2D eigenvalue weighted by molar-refractivity contribution is 5.92. The fourth-order valence-corrected chi connectivity index (χ4v) is 2.92. The molecule has 0 spiro atoms. The van der Waals surface area contributed by atoms with E-state index in [1.54, 1.807) is 10.9 Å². The standard InChI is InChI=1S/C21H24N4O/c1-16(2)13-19(18-11-7-4-8-12-18)22-21(26)20-15-25(24-23-20)14-17-9-5-3-6-10-17/h3-12,15-16,19H,13-14H2,1-2H3,(H,22,26). The number of nitrogens with one attached hydrogen (secondary N) is 1. The Morgan fingerprint density at radius 3 is 2.35 bits per heavy atom. The first-order valence-corrected chi connectivity index (χ1v) is 8.91. The van der Waals surface area contributed by atoms with Crippen molar-refractivity contribution in [2.24, 2.45) is 5.92 Å². The predicted molar refractivity (Wildman–Crippen MR) is 102 cm³/mol. The number of carbonyl (C=O) groups is 1. The van der Waals surface area contributed by atoms with Crippen LogP contribution in [0.25, 0.3) is 0 Å². The third-order valence-electron chi connectivity index (χ3n) is 4.17. The predicted octanol–water partition coefficient (Wildman–Crippen LogP) is 3.84. The van der Waals surface area contributed by atoms with E-state index in [-0.39, 0.29) is 11.9 Å². The molecule has 3 aromatic rings. The second-order valence-electron chi connectivity index (χ2n) is 6.85. The summed E-state index contributed by atoms with van der Waals surface area (Å²) in [4.78, 5) is 12.6. The molecule has 5 heteroatoms. The van der Waals surface area contributed by atoms with Gasteiger partial charge in [-0.25, -0.2) is 4.68 Å². The molecule has 1 heterocycles. The number of carbonyl (C=O) groups excluding carboxylic acids is 1. The SMILES string of the molecule is CC(C)CC(NC(=O)c1cn(Cc2ccccc2)nn1)c1ccccc1. The molecule has 26 heavy (non-hydrogen) atoms. The lowest BCUT2D eigenvalue weighted by molar-refractivity contribution is 0.0927. The number of amides is 1. The molecule has 1 aromatic heterocycles. The van der Waals surface area contributed by atoms with Crippen molar-refractivity contribution in [2.75, 3.05) is 0 Å². The maximum atomic E-state index is 12.6. The summed E-state index contributed by atoms with van der Waals surface area (Å²) in [5, 5.41) is 11.2. The zero-order valence-corrected chi connectivity index (χ0v) is 15.2. The Balaban J connectivity index is 1.70. The fraction of sp³-hybridized carbons (Fsp3) is 0.286. The summed E-state index contributed by atoms with van der Waals surface area (Å²) in [6.45, 7) is 4.89. The number of rotatable bonds is 7. The van der Waals surface area contributed by atoms with Crippen molar-refractivity contribution in [1.82, 2.24) is 20.3 Å². The van der Waals surface area contributed by atoms with Crippen LogP contribution in [0.4, 0.5) is 0 Å². The molecular weight excluding hydrogens is 324 g/mol. The lowest BCUT2D eigenvalue weighted by atomic mass is 9.97. The Kier molecular flexibility index (Phi) is 5.79. The Morgan fingerprint density at radius 1 is 1.04 bits per heavy atom. The van der Waals surface area contributed by atoms with Crippen molar-refractivity contribution >= 4 is 5.91 Å². The van der Waals surface area contributed by atoms with Crippen LogP contribution in [-0.4, -0.2) is 20.9 Å². The summed E-state index contributed by atoms with van der Waals surface area (Å²) in [5.74, 6) is 0.271. The lowest BCUT2D eigenvalue weighted by Crippen LogP contribution is -2.29. The van der Waals surface area contributed by atoms with E-state index in [4.69, 9.17) is 0 Å². The van der Waals surface area contributed by atoms with E-state index in [1.165, 1.54) is 0 Å². The van der Waals surface area contributed by atoms with Gasteiger partial charge in [0.05, 0.1) is 18.8 Å². The highest BCUT2D eigenvalue weighted by Gasteiger charge is 2.19. The second-order valence-corrected chi connectivity index (χ2v) is 6.85. The monoisotopic (exact) mass is 348 g/mol. The Labute approximate surface area is 154 Å². The molecule has 1 atom stereocenters. The maximum Gasteiger partial charge on any atom is 0.273 e. The Bertz CT molecular complexity index is 827. The molecule has 1 N–H and O–H groups in total. The van der Waals surface area contributed by atoms with Crippen LogP contribution in [0.2, 0.25) is 0 Å². The highest BCUT2D eigenvalue weighted by Crippen LogP contribution is 2.21. The maximum absolute atomic E-state index is 12.6. The van der Waals surface area contributed by atoms with Gasteiger partial charge in [0.15, 0.2) is 5.69 Å². The van der Waals surface area contributed by atoms with Crippen LogP contribution < -0.4 is 5.32 Å². The topological polar surface area (TPSA) is 59.8 Å². The molecule has 0 saturated carbocycles. The van der Waals surface area contributed by atoms with Gasteiger partial charge in [-0.3, -0.25) is 4.79 Å². The van der Waals surface area contributed by atoms with Crippen molar-refractivity contribution in [3.05, 3.63) is 83.7 Å². The molecule has 0 aliphatic rings. The third kappa shape index (κ3) is 4.79. The minimum atomic E-state index is -0.196. The van der Waals surface area contributed by atoms with Crippen LogP contribution >= 0.6 is 0 Å². The molecular formula is C21H24N4O. The van der Waals surface area contributed by atoms with Gasteiger partial charge in [0.25, 0.3) is 5.91 Å². The molecule has 0 radical (unpaired) electrons. The first kappa shape index (κ1) is 17.9. The van der Waals surface area contributed by atoms with Crippen molar-refractivity contribution in [3.63, 3.8) is 0 Å². The van der Waals surface area contributed by atoms with Gasteiger partial charge >= 0.3 is 0 Å². The Morgan fingerprint density at radius 2 is 1.69 bits per heavy atom. The third-order valence-corrected chi connectivity index (χ3v) is 4.17. The smallest absolute Gasteiger partial charge is 0.273 e. The van der Waals surface area contributed by atoms with Gasteiger partial charge in [0.2, 0.25) is 0 Å². The molecule has 0 aliphatic heterocycles. The van der Waals surface area contributed by atoms with Crippen molar-refractivity contribution in [2.45, 2.75) is 32.9 Å². The summed E-state index contributed by atoms with van der Waals surface area (Å²) >= 11 is 0. The minimum Gasteiger partial charge on any atom is -0.344 e. The number of benzene rings is 2. The number of nitrogens with zero attached hydrogens (tertiary/aromatic N) is 3. The zero-order valence-electron chi connectivity index (χ0n) is 15.2. The molecule has 1 amide bonds. The van der Waals surface area contributed by atoms with E-state index >= 15 is 0 Å². The van der Waals surface area contributed by atoms with Crippen molar-refractivity contribution < 1.29 is 4.79 Å². The first-order valence-electron chi connectivity index (χ1n) is 8.91. The highest BCUT2D eigenvalue weighted by atomic mass is 16.2. The molecule has 0 saturated heterocycles. The van der Waals surface area contributed by atoms with E-state index in [0.29, 0.717) is 18.2 Å². The van der Waals surface area contributed by atoms with Crippen LogP contribution in [0.3, 0.4) is 0 Å². The second kappa shape index (κ2) is 8.43. The summed E-state index contributed by atoms with van der Waals surface area (Å²) < 4.78 is 1.68. The molecule has 5 nitrogen and oxygen atoms in total. The van der Waals surface area contributed by atoms with Crippen LogP contribution in [0.5, 0.6) is 0 Å². The van der Waals surface area contributed by atoms with Gasteiger partial charge < -0.3 is 5.32 Å². The average molecular weight is 348 g/mol. The summed E-state index contributed by atoms with van der Waals surface area (Å²) in [6, 6.07) is 20.0. The lowest BCUT2D eigenvalue weighted by Gasteiger charge is -2.20. The van der Waals surface area contributed by atoms with E-state index in [2.05, 4.69) is 29.5 Å². The molecule has 134 valence electrons. The summed E-state index contributed by atoms with van der Waals surface area (Å²) in [5.41, 5.74) is 2.56. The quantitative estimate of drug-likeness (QED) is 0.706. The number of aromatic nitrogens is 3. The van der Waals surface area contributed by atoms with Gasteiger partial charge in [-0.1, -0.05) is 79.7 Å². The first-order chi connectivity index (χ1) is 12.6. The summed E-state index contributed by atoms with van der Waals surface area (Å²) in [6.07, 6.45) is 2.56. The number of hydrogen-bond donors (Lipinski definition) is 1. The van der Waals surface area contributed by atoms with Crippen LogP contribution in [0.1, 0.15) is 47.9 Å². The van der Waals surface area contributed by atoms with E-state index in [1.807, 2.05) is 60.7 Å². The molecule has 0 bridgehead atoms. The van der Waals surface area contributed by atoms with Crippen LogP contribution in [-0.2, 0) is 6.54 Å². The van der Waals surface area contributed by atoms with Crippen molar-refractivity contribution in [1.29, 1.82) is 0 Å². The largest absolute Gasteiger partial charge is 0.344 e. The van der Waals surface area contributed by atoms with Crippen molar-refractivity contribution in [3.8, 4) is 0 Å². The molecule has 0 aliphatic carbocycles. The summed E-state index contributed by atoms with van der Waals surface area (Å²) in [7, 11) is 0. The zero-order chi connectivity index (χ0) is 18.4. The molecule has 3 rings (SSSR count).